The molecule has 17 nitrogen and oxygen atoms in total. The maximum atomic E-state index is 12.3. The first kappa shape index (κ1) is 29.5. The second-order valence-electron chi connectivity index (χ2n) is 9.97. The predicted octanol–water partition coefficient (Wildman–Crippen LogP) is -1.77. The lowest BCUT2D eigenvalue weighted by atomic mass is 10.1. The molecule has 3 aromatic rings. The van der Waals surface area contributed by atoms with Crippen molar-refractivity contribution in [3.05, 3.63) is 29.5 Å². The molecule has 222 valence electrons. The van der Waals surface area contributed by atoms with E-state index in [0.29, 0.717) is 17.0 Å². The molecule has 5 rings (SSSR count). The highest BCUT2D eigenvalue weighted by atomic mass is 31.2. The van der Waals surface area contributed by atoms with Gasteiger partial charge in [-0.25, -0.2) is 4.52 Å². The number of rotatable bonds is 10. The summed E-state index contributed by atoms with van der Waals surface area (Å²) in [6.45, 7) is -2.09. The minimum absolute atomic E-state index is 0.116. The second kappa shape index (κ2) is 12.1. The Bertz CT molecular complexity index is 1450. The molecule has 1 aliphatic carbocycles. The molecule has 0 spiro atoms. The zero-order valence-corrected chi connectivity index (χ0v) is 22.6. The van der Waals surface area contributed by atoms with E-state index in [1.807, 2.05) is 0 Å². The molecular formula is C23H31N8O9P. The Morgan fingerprint density at radius 2 is 2.00 bits per heavy atom. The average Bonchev–Trinajstić information content (AvgIpc) is 3.75. The van der Waals surface area contributed by atoms with E-state index in [1.54, 1.807) is 12.1 Å². The van der Waals surface area contributed by atoms with Gasteiger partial charge >= 0.3 is 7.60 Å². The van der Waals surface area contributed by atoms with Gasteiger partial charge in [-0.3, -0.25) is 4.57 Å². The Morgan fingerprint density at radius 1 is 1.22 bits per heavy atom. The van der Waals surface area contributed by atoms with Gasteiger partial charge in [0.2, 0.25) is 5.82 Å². The lowest BCUT2D eigenvalue weighted by Crippen LogP contribution is -2.43. The van der Waals surface area contributed by atoms with Crippen molar-refractivity contribution in [2.45, 2.75) is 67.9 Å². The fourth-order valence-electron chi connectivity index (χ4n) is 5.08. The Balaban J connectivity index is 1.41. The third-order valence-electron chi connectivity index (χ3n) is 7.29. The van der Waals surface area contributed by atoms with Gasteiger partial charge in [0, 0.05) is 6.04 Å². The zero-order valence-electron chi connectivity index (χ0n) is 21.7. The summed E-state index contributed by atoms with van der Waals surface area (Å²) in [6.07, 6.45) is -1.78. The maximum Gasteiger partial charge on any atom is 0.359 e. The summed E-state index contributed by atoms with van der Waals surface area (Å²) >= 11 is 0. The van der Waals surface area contributed by atoms with Gasteiger partial charge in [0.15, 0.2) is 17.0 Å². The lowest BCUT2D eigenvalue weighted by molar-refractivity contribution is -0.100. The summed E-state index contributed by atoms with van der Waals surface area (Å²) < 4.78 is 25.3. The molecule has 41 heavy (non-hydrogen) atoms. The highest BCUT2D eigenvalue weighted by Crippen LogP contribution is 2.53. The van der Waals surface area contributed by atoms with Crippen LogP contribution in [0.1, 0.15) is 49.1 Å². The molecule has 1 saturated carbocycles. The maximum absolute atomic E-state index is 12.3. The van der Waals surface area contributed by atoms with Gasteiger partial charge in [-0.05, 0) is 30.9 Å². The van der Waals surface area contributed by atoms with Crippen LogP contribution in [0.2, 0.25) is 0 Å². The number of ether oxygens (including phenoxy) is 2. The molecule has 0 amide bonds. The van der Waals surface area contributed by atoms with Crippen LogP contribution in [0, 0.1) is 11.8 Å². The molecule has 2 aliphatic rings. The molecule has 2 fully saturated rings. The van der Waals surface area contributed by atoms with E-state index in [0.717, 1.165) is 25.7 Å². The van der Waals surface area contributed by atoms with E-state index in [9.17, 15) is 29.7 Å². The van der Waals surface area contributed by atoms with Crippen molar-refractivity contribution < 1.29 is 44.3 Å². The minimum atomic E-state index is -5.12. The van der Waals surface area contributed by atoms with Crippen molar-refractivity contribution >= 4 is 18.9 Å². The Labute approximate surface area is 233 Å². The standard InChI is InChI=1S/C23H31N8O9P/c32-9-3-6-17-25-22(24-13-4-1-2-5-13)15-8-7-14(31(15)28-17)21-20(35)19(34)16(40-21)11-39-23(12-33,41(36,37)38)10-18-26-29-30-27-18/h7-8,13,16,19-21,32-35H,1-2,4-5,9-12H2,(H,24,25,28)(H2,36,37,38)(H,26,27,29,30)/t16-,19-,20-,21?,23?/m1/s1. The molecule has 0 aromatic carbocycles. The van der Waals surface area contributed by atoms with E-state index in [4.69, 9.17) is 14.6 Å². The topological polar surface area (TPSA) is 254 Å². The number of hydrogen-bond acceptors (Lipinski definition) is 13. The van der Waals surface area contributed by atoms with Gasteiger partial charge in [-0.15, -0.1) is 15.3 Å². The van der Waals surface area contributed by atoms with Crippen LogP contribution >= 0.6 is 7.60 Å². The van der Waals surface area contributed by atoms with Crippen LogP contribution in [0.25, 0.3) is 5.52 Å². The first-order valence-electron chi connectivity index (χ1n) is 13.0. The van der Waals surface area contributed by atoms with Crippen LogP contribution < -0.4 is 5.32 Å². The van der Waals surface area contributed by atoms with E-state index in [1.165, 1.54) is 4.52 Å². The molecule has 1 aliphatic heterocycles. The second-order valence-corrected chi connectivity index (χ2v) is 11.9. The van der Waals surface area contributed by atoms with Crippen LogP contribution in [-0.2, 0) is 20.5 Å². The molecule has 0 bridgehead atoms. The van der Waals surface area contributed by atoms with Crippen LogP contribution in [-0.4, -0.2) is 115 Å². The number of fused-ring (bicyclic) bond motifs is 1. The first-order chi connectivity index (χ1) is 19.7. The van der Waals surface area contributed by atoms with Gasteiger partial charge in [-0.2, -0.15) is 10.2 Å². The number of aliphatic hydroxyl groups excluding tert-OH is 4. The van der Waals surface area contributed by atoms with Gasteiger partial charge in [-0.1, -0.05) is 24.0 Å². The largest absolute Gasteiger partial charge is 0.393 e. The van der Waals surface area contributed by atoms with Crippen LogP contribution in [0.3, 0.4) is 0 Å². The van der Waals surface area contributed by atoms with Crippen molar-refractivity contribution in [3.8, 4) is 11.8 Å². The Morgan fingerprint density at radius 3 is 2.66 bits per heavy atom. The van der Waals surface area contributed by atoms with E-state index in [-0.39, 0.29) is 24.3 Å². The molecule has 5 atom stereocenters. The number of anilines is 1. The van der Waals surface area contributed by atoms with Crippen molar-refractivity contribution in [1.29, 1.82) is 0 Å². The zero-order chi connectivity index (χ0) is 29.2. The quantitative estimate of drug-likeness (QED) is 0.0954. The molecule has 2 unspecified atom stereocenters. The number of aliphatic hydroxyl groups is 4. The summed E-state index contributed by atoms with van der Waals surface area (Å²) in [5.74, 6) is 5.74. The summed E-state index contributed by atoms with van der Waals surface area (Å²) in [4.78, 5) is 24.5. The van der Waals surface area contributed by atoms with Gasteiger partial charge < -0.3 is 45.0 Å². The van der Waals surface area contributed by atoms with E-state index >= 15 is 0 Å². The number of nitrogens with zero attached hydrogens (tertiary/aromatic N) is 6. The summed E-state index contributed by atoms with van der Waals surface area (Å²) in [6, 6.07) is 3.61. The molecule has 4 heterocycles. The minimum Gasteiger partial charge on any atom is -0.393 e. The lowest BCUT2D eigenvalue weighted by Gasteiger charge is -2.32. The molecular weight excluding hydrogens is 563 g/mol. The number of nitrogens with one attached hydrogen (secondary N) is 2. The predicted molar refractivity (Wildman–Crippen MR) is 138 cm³/mol. The van der Waals surface area contributed by atoms with Crippen molar-refractivity contribution in [2.24, 2.45) is 0 Å². The van der Waals surface area contributed by atoms with Gasteiger partial charge in [0.25, 0.3) is 0 Å². The third-order valence-corrected chi connectivity index (χ3v) is 8.78. The number of tetrazole rings is 1. The number of aromatic nitrogens is 7. The van der Waals surface area contributed by atoms with Gasteiger partial charge in [0.05, 0.1) is 25.3 Å². The Hall–Kier alpha value is -3.04. The third kappa shape index (κ3) is 5.97. The highest BCUT2D eigenvalue weighted by molar-refractivity contribution is 7.53. The summed E-state index contributed by atoms with van der Waals surface area (Å²) in [7, 11) is -5.12. The highest BCUT2D eigenvalue weighted by Gasteiger charge is 2.52. The molecule has 8 N–H and O–H groups in total. The van der Waals surface area contributed by atoms with Crippen molar-refractivity contribution in [3.63, 3.8) is 0 Å². The average molecular weight is 595 g/mol. The Kier molecular flexibility index (Phi) is 8.66. The molecule has 0 radical (unpaired) electrons. The monoisotopic (exact) mass is 594 g/mol. The van der Waals surface area contributed by atoms with E-state index < -0.39 is 57.0 Å². The fourth-order valence-corrected chi connectivity index (χ4v) is 5.85. The molecule has 1 saturated heterocycles. The summed E-state index contributed by atoms with van der Waals surface area (Å²) in [5.41, 5.74) is 0.931. The normalized spacial score (nSPS) is 24.8. The van der Waals surface area contributed by atoms with Crippen molar-refractivity contribution in [2.75, 3.05) is 25.1 Å². The fraction of sp³-hybridized carbons (Fsp3) is 0.609. The van der Waals surface area contributed by atoms with E-state index in [2.05, 4.69) is 47.9 Å². The van der Waals surface area contributed by atoms with Crippen LogP contribution in [0.4, 0.5) is 5.82 Å². The smallest absolute Gasteiger partial charge is 0.359 e. The van der Waals surface area contributed by atoms with Crippen LogP contribution in [0.15, 0.2) is 12.1 Å². The first-order valence-corrected chi connectivity index (χ1v) is 14.6. The summed E-state index contributed by atoms with van der Waals surface area (Å²) in [5, 5.41) is 59.0. The SMILES string of the molecule is O=P(O)(O)C(CO)(Cc1nn[nH]n1)OC[C@H]1OC(c2ccc3c(NC4CCCC4)nc(C#CCO)nn23)[C@H](O)[C@@H]1O. The number of hydrogen-bond donors (Lipinski definition) is 8. The van der Waals surface area contributed by atoms with Crippen LogP contribution in [0.5, 0.6) is 0 Å². The van der Waals surface area contributed by atoms with Crippen molar-refractivity contribution in [1.82, 2.24) is 35.2 Å². The number of aromatic amines is 1. The molecule has 18 heteroatoms. The molecule has 3 aromatic heterocycles. The number of H-pyrrole nitrogens is 1. The van der Waals surface area contributed by atoms with Gasteiger partial charge in [0.1, 0.15) is 36.5 Å².